The number of hydrogen-bond donors (Lipinski definition) is 0. The topological polar surface area (TPSA) is 161 Å². The summed E-state index contributed by atoms with van der Waals surface area (Å²) in [5, 5.41) is 8.29. The number of unbranched alkanes of at least 4 members (excludes halogenated alkanes) is 2. The summed E-state index contributed by atoms with van der Waals surface area (Å²) in [6.45, 7) is 4.97. The minimum absolute atomic E-state index is 0.0371. The van der Waals surface area contributed by atoms with Gasteiger partial charge < -0.3 is 18.9 Å². The molecule has 0 N–H and O–H groups in total. The maximum Gasteiger partial charge on any atom is 0.543 e. The van der Waals surface area contributed by atoms with Crippen LogP contribution >= 0.6 is 0 Å². The summed E-state index contributed by atoms with van der Waals surface area (Å²) >= 11 is 0. The minimum Gasteiger partial charge on any atom is -0.494 e. The van der Waals surface area contributed by atoms with Crippen LogP contribution in [0.5, 0.6) is 11.5 Å². The molecular weight excluding hydrogens is 548 g/mol. The molecule has 0 saturated carbocycles. The maximum atomic E-state index is 11.8. The molecule has 0 aliphatic carbocycles. The third-order valence-corrected chi connectivity index (χ3v) is 4.78. The van der Waals surface area contributed by atoms with Crippen molar-refractivity contribution >= 4 is 24.2 Å². The smallest absolute Gasteiger partial charge is 0.494 e. The lowest BCUT2D eigenvalue weighted by atomic mass is 10.2. The fraction of sp³-hybridized carbons (Fsp3) is 0.407. The van der Waals surface area contributed by atoms with E-state index in [2.05, 4.69) is 29.6 Å². The van der Waals surface area contributed by atoms with E-state index in [-0.39, 0.29) is 24.3 Å². The molecule has 0 spiro atoms. The van der Waals surface area contributed by atoms with Crippen molar-refractivity contribution in [3.8, 4) is 11.5 Å². The second-order valence-electron chi connectivity index (χ2n) is 8.05. The highest BCUT2D eigenvalue weighted by Gasteiger charge is 2.14. The molecular formula is C27H32O14. The van der Waals surface area contributed by atoms with Gasteiger partial charge in [-0.3, -0.25) is 9.78 Å². The van der Waals surface area contributed by atoms with E-state index >= 15 is 0 Å². The molecule has 0 radical (unpaired) electrons. The van der Waals surface area contributed by atoms with Crippen molar-refractivity contribution in [3.05, 3.63) is 59.7 Å². The number of rotatable bonds is 18. The highest BCUT2D eigenvalue weighted by Crippen LogP contribution is 2.14. The number of ether oxygens (including phenoxy) is 4. The first-order valence-corrected chi connectivity index (χ1v) is 12.8. The standard InChI is InChI=1S/C27H32O14/c1-3-16-32-22-12-8-20(9-13-22)24(28)36-40-38-26(30)34-18-6-5-7-19-35-27(31)39-41-37-25(29)21-10-14-23(15-11-21)33-17-4-2/h8-15H,3-7,16-19H2,1-2H3. The van der Waals surface area contributed by atoms with Crippen molar-refractivity contribution in [1.82, 2.24) is 0 Å². The molecule has 2 rings (SSSR count). The maximum absolute atomic E-state index is 11.8. The summed E-state index contributed by atoms with van der Waals surface area (Å²) in [6.07, 6.45) is 0.567. The Labute approximate surface area is 235 Å². The van der Waals surface area contributed by atoms with E-state index in [9.17, 15) is 19.2 Å². The third-order valence-electron chi connectivity index (χ3n) is 4.78. The van der Waals surface area contributed by atoms with Gasteiger partial charge in [-0.25, -0.2) is 29.0 Å². The fourth-order valence-electron chi connectivity index (χ4n) is 2.80. The monoisotopic (exact) mass is 580 g/mol. The van der Waals surface area contributed by atoms with E-state index in [1.54, 1.807) is 24.3 Å². The van der Waals surface area contributed by atoms with Crippen LogP contribution in [0.1, 0.15) is 66.7 Å². The van der Waals surface area contributed by atoms with Crippen molar-refractivity contribution in [1.29, 1.82) is 0 Å². The Morgan fingerprint density at radius 1 is 0.512 bits per heavy atom. The highest BCUT2D eigenvalue weighted by atomic mass is 17.5. The number of hydrogen-bond acceptors (Lipinski definition) is 14. The molecule has 0 heterocycles. The van der Waals surface area contributed by atoms with Gasteiger partial charge in [0.05, 0.1) is 47.6 Å². The van der Waals surface area contributed by atoms with Crippen LogP contribution in [0, 0.1) is 0 Å². The molecule has 14 nitrogen and oxygen atoms in total. The summed E-state index contributed by atoms with van der Waals surface area (Å²) in [7, 11) is 0. The van der Waals surface area contributed by atoms with Gasteiger partial charge in [0, 0.05) is 0 Å². The normalized spacial score (nSPS) is 10.2. The van der Waals surface area contributed by atoms with Crippen LogP contribution in [0.4, 0.5) is 9.59 Å². The predicted molar refractivity (Wildman–Crippen MR) is 136 cm³/mol. The molecule has 0 atom stereocenters. The zero-order valence-corrected chi connectivity index (χ0v) is 22.7. The molecule has 0 amide bonds. The predicted octanol–water partition coefficient (Wildman–Crippen LogP) is 5.45. The Morgan fingerprint density at radius 3 is 1.27 bits per heavy atom. The van der Waals surface area contributed by atoms with Gasteiger partial charge in [0.2, 0.25) is 0 Å². The van der Waals surface area contributed by atoms with Gasteiger partial charge in [-0.2, -0.15) is 0 Å². The second-order valence-corrected chi connectivity index (χ2v) is 8.05. The molecule has 2 aromatic carbocycles. The average Bonchev–Trinajstić information content (AvgIpc) is 2.98. The average molecular weight is 581 g/mol. The van der Waals surface area contributed by atoms with Crippen molar-refractivity contribution in [2.24, 2.45) is 0 Å². The zero-order chi connectivity index (χ0) is 29.7. The number of benzene rings is 2. The molecule has 41 heavy (non-hydrogen) atoms. The number of carbonyl (C=O) groups is 4. The molecule has 0 aliphatic rings. The first-order valence-electron chi connectivity index (χ1n) is 12.8. The van der Waals surface area contributed by atoms with E-state index in [0.717, 1.165) is 12.8 Å². The molecule has 0 unspecified atom stereocenters. The summed E-state index contributed by atoms with van der Waals surface area (Å²) in [5.41, 5.74) is 0.312. The van der Waals surface area contributed by atoms with E-state index in [1.807, 2.05) is 13.8 Å². The van der Waals surface area contributed by atoms with Gasteiger partial charge in [-0.05, 0) is 80.6 Å². The number of carbonyl (C=O) groups excluding carboxylic acids is 4. The lowest BCUT2D eigenvalue weighted by molar-refractivity contribution is -0.452. The highest BCUT2D eigenvalue weighted by molar-refractivity contribution is 5.89. The quantitative estimate of drug-likeness (QED) is 0.0947. The largest absolute Gasteiger partial charge is 0.543 e. The van der Waals surface area contributed by atoms with Gasteiger partial charge in [0.15, 0.2) is 0 Å². The van der Waals surface area contributed by atoms with E-state index < -0.39 is 24.2 Å². The Hall–Kier alpha value is -4.56. The van der Waals surface area contributed by atoms with Gasteiger partial charge in [-0.15, -0.1) is 0 Å². The SMILES string of the molecule is CCCOc1ccc(C(=O)OOOC(=O)OCCCCCOC(=O)OOOC(=O)c2ccc(OCCC)cc2)cc1. The van der Waals surface area contributed by atoms with Crippen molar-refractivity contribution in [2.45, 2.75) is 46.0 Å². The molecule has 0 fully saturated rings. The van der Waals surface area contributed by atoms with Crippen LogP contribution in [-0.4, -0.2) is 50.7 Å². The molecule has 0 aromatic heterocycles. The van der Waals surface area contributed by atoms with E-state index in [0.29, 0.717) is 44.0 Å². The summed E-state index contributed by atoms with van der Waals surface area (Å²) in [5.74, 6) is -0.576. The Bertz CT molecular complexity index is 983. The molecule has 2 aromatic rings. The van der Waals surface area contributed by atoms with Crippen molar-refractivity contribution < 1.29 is 67.8 Å². The van der Waals surface area contributed by atoms with E-state index in [4.69, 9.17) is 18.9 Å². The molecule has 14 heteroatoms. The Kier molecular flexibility index (Phi) is 15.5. The van der Waals surface area contributed by atoms with Crippen LogP contribution in [0.2, 0.25) is 0 Å². The summed E-state index contributed by atoms with van der Waals surface area (Å²) < 4.78 is 20.3. The third kappa shape index (κ3) is 13.9. The summed E-state index contributed by atoms with van der Waals surface area (Å²) in [6, 6.07) is 12.2. The fourth-order valence-corrected chi connectivity index (χ4v) is 2.80. The van der Waals surface area contributed by atoms with Crippen LogP contribution in [0.15, 0.2) is 48.5 Å². The van der Waals surface area contributed by atoms with Gasteiger partial charge >= 0.3 is 24.2 Å². The molecule has 0 saturated heterocycles. The Morgan fingerprint density at radius 2 is 0.902 bits per heavy atom. The molecule has 0 aliphatic heterocycles. The first kappa shape index (κ1) is 32.7. The van der Waals surface area contributed by atoms with Crippen LogP contribution < -0.4 is 9.47 Å². The first-order chi connectivity index (χ1) is 19.9. The van der Waals surface area contributed by atoms with Gasteiger partial charge in [0.1, 0.15) is 11.5 Å². The molecule has 224 valence electrons. The van der Waals surface area contributed by atoms with Crippen LogP contribution in [-0.2, 0) is 39.1 Å². The van der Waals surface area contributed by atoms with Crippen molar-refractivity contribution in [2.75, 3.05) is 26.4 Å². The van der Waals surface area contributed by atoms with Crippen LogP contribution in [0.25, 0.3) is 0 Å². The molecule has 0 bridgehead atoms. The van der Waals surface area contributed by atoms with Gasteiger partial charge in [-0.1, -0.05) is 13.8 Å². The van der Waals surface area contributed by atoms with Gasteiger partial charge in [0.25, 0.3) is 0 Å². The second kappa shape index (κ2) is 19.5. The lowest BCUT2D eigenvalue weighted by Gasteiger charge is -2.06. The Balaban J connectivity index is 1.45. The zero-order valence-electron chi connectivity index (χ0n) is 22.7. The minimum atomic E-state index is -1.21. The lowest BCUT2D eigenvalue weighted by Crippen LogP contribution is -2.13. The van der Waals surface area contributed by atoms with Crippen molar-refractivity contribution in [3.63, 3.8) is 0 Å². The summed E-state index contributed by atoms with van der Waals surface area (Å²) in [4.78, 5) is 63.8. The van der Waals surface area contributed by atoms with Crippen LogP contribution in [0.3, 0.4) is 0 Å². The van der Waals surface area contributed by atoms with E-state index in [1.165, 1.54) is 24.3 Å².